The third-order valence-corrected chi connectivity index (χ3v) is 2.26. The van der Waals surface area contributed by atoms with E-state index in [2.05, 4.69) is 6.58 Å². The van der Waals surface area contributed by atoms with E-state index in [4.69, 9.17) is 18.9 Å². The average molecular weight is 280 g/mol. The molecule has 0 saturated carbocycles. The van der Waals surface area contributed by atoms with Gasteiger partial charge in [-0.2, -0.15) is 0 Å². The fourth-order valence-electron chi connectivity index (χ4n) is 1.53. The van der Waals surface area contributed by atoms with Crippen molar-refractivity contribution in [3.05, 3.63) is 43.0 Å². The van der Waals surface area contributed by atoms with Crippen LogP contribution in [0, 0.1) is 0 Å². The molecule has 0 amide bonds. The molecule has 3 atom stereocenters. The number of ether oxygens (including phenoxy) is 4. The predicted molar refractivity (Wildman–Crippen MR) is 73.9 cm³/mol. The van der Waals surface area contributed by atoms with Crippen molar-refractivity contribution in [2.75, 3.05) is 0 Å². The van der Waals surface area contributed by atoms with Crippen molar-refractivity contribution in [2.24, 2.45) is 0 Å². The molecule has 0 fully saturated rings. The van der Waals surface area contributed by atoms with Crippen LogP contribution >= 0.6 is 0 Å². The van der Waals surface area contributed by atoms with Crippen molar-refractivity contribution in [3.63, 3.8) is 0 Å². The third kappa shape index (κ3) is 6.36. The largest absolute Gasteiger partial charge is 0.465 e. The van der Waals surface area contributed by atoms with E-state index in [1.165, 1.54) is 0 Å². The monoisotopic (exact) mass is 280 g/mol. The standard InChI is InChI=1S/C15H20O5/c1-5-15(16)20-13(4)18-11(2)17-12(3)19-14-9-7-6-8-10-14/h5-13H,1H2,2-4H3. The summed E-state index contributed by atoms with van der Waals surface area (Å²) in [4.78, 5) is 11.0. The molecule has 1 aromatic rings. The Bertz CT molecular complexity index is 418. The van der Waals surface area contributed by atoms with Gasteiger partial charge in [0.2, 0.25) is 6.29 Å². The van der Waals surface area contributed by atoms with Crippen LogP contribution in [0.3, 0.4) is 0 Å². The second kappa shape index (κ2) is 8.35. The van der Waals surface area contributed by atoms with Crippen molar-refractivity contribution < 1.29 is 23.7 Å². The lowest BCUT2D eigenvalue weighted by atomic mass is 10.3. The van der Waals surface area contributed by atoms with Gasteiger partial charge in [0, 0.05) is 6.08 Å². The first-order valence-corrected chi connectivity index (χ1v) is 6.37. The fraction of sp³-hybridized carbons (Fsp3) is 0.400. The summed E-state index contributed by atoms with van der Waals surface area (Å²) < 4.78 is 21.2. The summed E-state index contributed by atoms with van der Waals surface area (Å²) in [6.07, 6.45) is -0.720. The van der Waals surface area contributed by atoms with E-state index in [9.17, 15) is 4.79 Å². The molecule has 0 aliphatic rings. The predicted octanol–water partition coefficient (Wildman–Crippen LogP) is 2.87. The lowest BCUT2D eigenvalue weighted by Gasteiger charge is -2.23. The van der Waals surface area contributed by atoms with E-state index in [0.29, 0.717) is 5.75 Å². The highest BCUT2D eigenvalue weighted by Gasteiger charge is 2.15. The zero-order valence-electron chi connectivity index (χ0n) is 11.9. The van der Waals surface area contributed by atoms with Crippen LogP contribution in [-0.2, 0) is 19.0 Å². The molecule has 0 aliphatic heterocycles. The molecule has 1 rings (SSSR count). The van der Waals surface area contributed by atoms with Crippen LogP contribution in [0.1, 0.15) is 20.8 Å². The lowest BCUT2D eigenvalue weighted by Crippen LogP contribution is -2.29. The average Bonchev–Trinajstić information content (AvgIpc) is 2.38. The molecule has 0 radical (unpaired) electrons. The van der Waals surface area contributed by atoms with Gasteiger partial charge in [-0.25, -0.2) is 4.79 Å². The summed E-state index contributed by atoms with van der Waals surface area (Å²) in [5.74, 6) is 0.164. The molecule has 110 valence electrons. The van der Waals surface area contributed by atoms with Gasteiger partial charge in [0.15, 0.2) is 12.6 Å². The highest BCUT2D eigenvalue weighted by Crippen LogP contribution is 2.13. The minimum Gasteiger partial charge on any atom is -0.465 e. The van der Waals surface area contributed by atoms with Crippen LogP contribution in [0.15, 0.2) is 43.0 Å². The zero-order valence-corrected chi connectivity index (χ0v) is 11.9. The maximum Gasteiger partial charge on any atom is 0.332 e. The molecule has 0 saturated heterocycles. The van der Waals surface area contributed by atoms with E-state index in [-0.39, 0.29) is 0 Å². The van der Waals surface area contributed by atoms with Gasteiger partial charge in [0.05, 0.1) is 0 Å². The first-order valence-electron chi connectivity index (χ1n) is 6.37. The van der Waals surface area contributed by atoms with Crippen LogP contribution in [0.25, 0.3) is 0 Å². The Kier molecular flexibility index (Phi) is 6.76. The van der Waals surface area contributed by atoms with Gasteiger partial charge < -0.3 is 18.9 Å². The van der Waals surface area contributed by atoms with Crippen molar-refractivity contribution in [3.8, 4) is 5.75 Å². The molecule has 20 heavy (non-hydrogen) atoms. The molecule has 3 unspecified atom stereocenters. The number of rotatable bonds is 8. The third-order valence-electron chi connectivity index (χ3n) is 2.26. The second-order valence-corrected chi connectivity index (χ2v) is 4.05. The van der Waals surface area contributed by atoms with Crippen LogP contribution in [0.2, 0.25) is 0 Å². The number of esters is 1. The number of benzene rings is 1. The van der Waals surface area contributed by atoms with Crippen molar-refractivity contribution >= 4 is 5.97 Å². The van der Waals surface area contributed by atoms with Gasteiger partial charge in [-0.3, -0.25) is 0 Å². The number of para-hydroxylation sites is 1. The number of carbonyl (C=O) groups is 1. The Balaban J connectivity index is 2.32. The quantitative estimate of drug-likeness (QED) is 0.416. The molecule has 1 aromatic carbocycles. The topological polar surface area (TPSA) is 54.0 Å². The van der Waals surface area contributed by atoms with Crippen LogP contribution in [0.5, 0.6) is 5.75 Å². The molecule has 5 heteroatoms. The van der Waals surface area contributed by atoms with E-state index in [1.54, 1.807) is 20.8 Å². The van der Waals surface area contributed by atoms with E-state index < -0.39 is 24.8 Å². The van der Waals surface area contributed by atoms with E-state index >= 15 is 0 Å². The summed E-state index contributed by atoms with van der Waals surface area (Å²) >= 11 is 0. The van der Waals surface area contributed by atoms with Crippen LogP contribution in [0.4, 0.5) is 0 Å². The maximum absolute atomic E-state index is 11.0. The molecular formula is C15H20O5. The Morgan fingerprint density at radius 1 is 1.05 bits per heavy atom. The van der Waals surface area contributed by atoms with Crippen molar-refractivity contribution in [1.29, 1.82) is 0 Å². The van der Waals surface area contributed by atoms with E-state index in [0.717, 1.165) is 6.08 Å². The van der Waals surface area contributed by atoms with Gasteiger partial charge >= 0.3 is 5.97 Å². The SMILES string of the molecule is C=CC(=O)OC(C)OC(C)OC(C)Oc1ccccc1. The summed E-state index contributed by atoms with van der Waals surface area (Å²) in [7, 11) is 0. The first-order chi connectivity index (χ1) is 9.51. The fourth-order valence-corrected chi connectivity index (χ4v) is 1.53. The lowest BCUT2D eigenvalue weighted by molar-refractivity contribution is -0.259. The van der Waals surface area contributed by atoms with Gasteiger partial charge in [-0.1, -0.05) is 24.8 Å². The first kappa shape index (κ1) is 16.2. The second-order valence-electron chi connectivity index (χ2n) is 4.05. The molecule has 5 nitrogen and oxygen atoms in total. The maximum atomic E-state index is 11.0. The summed E-state index contributed by atoms with van der Waals surface area (Å²) in [5, 5.41) is 0. The highest BCUT2D eigenvalue weighted by atomic mass is 16.8. The molecule has 0 aromatic heterocycles. The Morgan fingerprint density at radius 3 is 2.25 bits per heavy atom. The number of hydrogen-bond donors (Lipinski definition) is 0. The van der Waals surface area contributed by atoms with Gasteiger partial charge in [0.25, 0.3) is 0 Å². The molecule has 0 N–H and O–H groups in total. The minimum absolute atomic E-state index is 0.491. The Hall–Kier alpha value is -1.85. The number of hydrogen-bond acceptors (Lipinski definition) is 5. The normalized spacial score (nSPS) is 14.9. The van der Waals surface area contributed by atoms with Crippen LogP contribution in [-0.4, -0.2) is 24.8 Å². The summed E-state index contributed by atoms with van der Waals surface area (Å²) in [5.41, 5.74) is 0. The van der Waals surface area contributed by atoms with Gasteiger partial charge in [-0.15, -0.1) is 0 Å². The molecule has 0 heterocycles. The van der Waals surface area contributed by atoms with E-state index in [1.807, 2.05) is 30.3 Å². The highest BCUT2D eigenvalue weighted by molar-refractivity contribution is 5.81. The summed E-state index contributed by atoms with van der Waals surface area (Å²) in [6, 6.07) is 9.32. The van der Waals surface area contributed by atoms with Crippen molar-refractivity contribution in [1.82, 2.24) is 0 Å². The zero-order chi connectivity index (χ0) is 15.0. The Morgan fingerprint density at radius 2 is 1.65 bits per heavy atom. The smallest absolute Gasteiger partial charge is 0.332 e. The molecule has 0 aliphatic carbocycles. The molecule has 0 spiro atoms. The Labute approximate surface area is 119 Å². The molecule has 0 bridgehead atoms. The number of carbonyl (C=O) groups excluding carboxylic acids is 1. The molecular weight excluding hydrogens is 260 g/mol. The summed E-state index contributed by atoms with van der Waals surface area (Å²) in [6.45, 7) is 8.36. The van der Waals surface area contributed by atoms with Gasteiger partial charge in [0.1, 0.15) is 5.75 Å². The minimum atomic E-state index is -0.723. The van der Waals surface area contributed by atoms with Crippen LogP contribution < -0.4 is 4.74 Å². The van der Waals surface area contributed by atoms with Crippen molar-refractivity contribution in [2.45, 2.75) is 39.6 Å². The van der Waals surface area contributed by atoms with Gasteiger partial charge in [-0.05, 0) is 32.9 Å².